The van der Waals surface area contributed by atoms with Crippen molar-refractivity contribution < 1.29 is 13.5 Å². The molecule has 0 aliphatic heterocycles. The van der Waals surface area contributed by atoms with Crippen LogP contribution in [0.5, 0.6) is 5.75 Å². The molecule has 0 atom stereocenters. The largest absolute Gasteiger partial charge is 0.495 e. The van der Waals surface area contributed by atoms with Crippen molar-refractivity contribution in [2.75, 3.05) is 18.7 Å². The van der Waals surface area contributed by atoms with Crippen LogP contribution in [0, 0.1) is 34.3 Å². The molecule has 0 aliphatic rings. The number of thioether (sulfide) groups is 1. The van der Waals surface area contributed by atoms with Gasteiger partial charge in [0.05, 0.1) is 23.4 Å². The van der Waals surface area contributed by atoms with E-state index in [0.29, 0.717) is 11.4 Å². The number of ether oxygens (including phenoxy) is 1. The molecule has 0 aromatic heterocycles. The molecule has 0 unspecified atom stereocenters. The van der Waals surface area contributed by atoms with Gasteiger partial charge in [0.2, 0.25) is 0 Å². The lowest BCUT2D eigenvalue weighted by Crippen LogP contribution is -2.05. The normalized spacial score (nSPS) is 9.83. The Kier molecular flexibility index (Phi) is 5.05. The molecule has 0 radical (unpaired) electrons. The molecular weight excluding hydrogens is 320 g/mol. The fourth-order valence-corrected chi connectivity index (χ4v) is 2.69. The summed E-state index contributed by atoms with van der Waals surface area (Å²) in [6.45, 7) is 0. The summed E-state index contributed by atoms with van der Waals surface area (Å²) in [6, 6.07) is 9.80. The molecule has 0 spiro atoms. The number of nitrogens with zero attached hydrogens (tertiary/aromatic N) is 2. The molecule has 0 saturated carbocycles. The van der Waals surface area contributed by atoms with Gasteiger partial charge in [-0.25, -0.2) is 8.78 Å². The minimum atomic E-state index is -0.972. The molecule has 2 aromatic rings. The molecule has 0 saturated heterocycles. The Morgan fingerprint density at radius 3 is 2.26 bits per heavy atom. The first-order chi connectivity index (χ1) is 11.1. The van der Waals surface area contributed by atoms with E-state index in [1.807, 2.05) is 0 Å². The first kappa shape index (κ1) is 16.6. The SMILES string of the molecule is COc1ccccc1Nc1c(F)c(C#N)c(C#N)c(F)c1SC. The molecule has 0 aliphatic carbocycles. The van der Waals surface area contributed by atoms with Crippen LogP contribution >= 0.6 is 11.8 Å². The topological polar surface area (TPSA) is 68.8 Å². The lowest BCUT2D eigenvalue weighted by molar-refractivity contribution is 0.416. The van der Waals surface area contributed by atoms with Gasteiger partial charge in [0, 0.05) is 0 Å². The van der Waals surface area contributed by atoms with E-state index in [1.54, 1.807) is 42.7 Å². The van der Waals surface area contributed by atoms with Crippen LogP contribution in [-0.2, 0) is 0 Å². The van der Waals surface area contributed by atoms with Crippen LogP contribution in [0.1, 0.15) is 11.1 Å². The number of hydrogen-bond acceptors (Lipinski definition) is 5. The van der Waals surface area contributed by atoms with E-state index >= 15 is 0 Å². The summed E-state index contributed by atoms with van der Waals surface area (Å²) in [6.07, 6.45) is 1.55. The predicted molar refractivity (Wildman–Crippen MR) is 83.8 cm³/mol. The summed E-state index contributed by atoms with van der Waals surface area (Å²) < 4.78 is 34.2. The monoisotopic (exact) mass is 331 g/mol. The molecular formula is C16H11F2N3OS. The van der Waals surface area contributed by atoms with Crippen LogP contribution in [0.15, 0.2) is 29.2 Å². The maximum absolute atomic E-state index is 14.6. The molecule has 1 N–H and O–H groups in total. The van der Waals surface area contributed by atoms with Gasteiger partial charge in [-0.05, 0) is 18.4 Å². The average molecular weight is 331 g/mol. The first-order valence-corrected chi connectivity index (χ1v) is 7.60. The van der Waals surface area contributed by atoms with E-state index < -0.39 is 22.8 Å². The Labute approximate surface area is 136 Å². The zero-order valence-corrected chi connectivity index (χ0v) is 13.1. The smallest absolute Gasteiger partial charge is 0.167 e. The van der Waals surface area contributed by atoms with Gasteiger partial charge in [0.1, 0.15) is 29.0 Å². The minimum absolute atomic E-state index is 0.0797. The first-order valence-electron chi connectivity index (χ1n) is 6.38. The van der Waals surface area contributed by atoms with E-state index in [0.717, 1.165) is 11.8 Å². The number of rotatable bonds is 4. The van der Waals surface area contributed by atoms with Crippen molar-refractivity contribution in [3.05, 3.63) is 47.0 Å². The van der Waals surface area contributed by atoms with E-state index in [9.17, 15) is 8.78 Å². The molecule has 2 aromatic carbocycles. The van der Waals surface area contributed by atoms with Crippen molar-refractivity contribution in [3.63, 3.8) is 0 Å². The number of hydrogen-bond donors (Lipinski definition) is 1. The van der Waals surface area contributed by atoms with Crippen molar-refractivity contribution in [3.8, 4) is 17.9 Å². The summed E-state index contributed by atoms with van der Waals surface area (Å²) in [5.74, 6) is -1.46. The highest BCUT2D eigenvalue weighted by Gasteiger charge is 2.25. The predicted octanol–water partition coefficient (Wildman–Crippen LogP) is 4.18. The lowest BCUT2D eigenvalue weighted by Gasteiger charge is -2.16. The van der Waals surface area contributed by atoms with Gasteiger partial charge >= 0.3 is 0 Å². The lowest BCUT2D eigenvalue weighted by atomic mass is 10.1. The van der Waals surface area contributed by atoms with E-state index in [-0.39, 0.29) is 10.6 Å². The van der Waals surface area contributed by atoms with Crippen LogP contribution in [0.2, 0.25) is 0 Å². The standard InChI is InChI=1S/C16H11F2N3OS/c1-22-12-6-4-3-5-11(12)21-15-13(17)9(7-19)10(8-20)14(18)16(15)23-2/h3-6,21H,1-2H3. The Balaban J connectivity index is 2.70. The molecule has 23 heavy (non-hydrogen) atoms. The van der Waals surface area contributed by atoms with Crippen LogP contribution in [0.25, 0.3) is 0 Å². The number of benzene rings is 2. The highest BCUT2D eigenvalue weighted by atomic mass is 32.2. The zero-order valence-electron chi connectivity index (χ0n) is 12.3. The molecule has 2 rings (SSSR count). The van der Waals surface area contributed by atoms with Crippen molar-refractivity contribution in [1.82, 2.24) is 0 Å². The summed E-state index contributed by atoms with van der Waals surface area (Å²) in [7, 11) is 1.45. The summed E-state index contributed by atoms with van der Waals surface area (Å²) in [5, 5.41) is 20.8. The summed E-state index contributed by atoms with van der Waals surface area (Å²) >= 11 is 0.939. The molecule has 0 fully saturated rings. The number of methoxy groups -OCH3 is 1. The maximum Gasteiger partial charge on any atom is 0.167 e. The van der Waals surface area contributed by atoms with Crippen LogP contribution < -0.4 is 10.1 Å². The van der Waals surface area contributed by atoms with Gasteiger partial charge in [-0.15, -0.1) is 11.8 Å². The quantitative estimate of drug-likeness (QED) is 0.851. The molecule has 116 valence electrons. The number of anilines is 2. The van der Waals surface area contributed by atoms with Gasteiger partial charge in [-0.2, -0.15) is 10.5 Å². The third-order valence-electron chi connectivity index (χ3n) is 3.13. The third-order valence-corrected chi connectivity index (χ3v) is 3.92. The Bertz CT molecular complexity index is 837. The van der Waals surface area contributed by atoms with Gasteiger partial charge in [-0.1, -0.05) is 12.1 Å². The molecule has 0 heterocycles. The number of nitriles is 2. The van der Waals surface area contributed by atoms with Gasteiger partial charge in [-0.3, -0.25) is 0 Å². The highest BCUT2D eigenvalue weighted by molar-refractivity contribution is 7.98. The van der Waals surface area contributed by atoms with Crippen molar-refractivity contribution >= 4 is 23.1 Å². The molecule has 7 heteroatoms. The van der Waals surface area contributed by atoms with Crippen molar-refractivity contribution in [2.24, 2.45) is 0 Å². The third kappa shape index (κ3) is 2.92. The Morgan fingerprint density at radius 2 is 1.70 bits per heavy atom. The molecule has 0 amide bonds. The fraction of sp³-hybridized carbons (Fsp3) is 0.125. The van der Waals surface area contributed by atoms with E-state index in [2.05, 4.69) is 5.32 Å². The summed E-state index contributed by atoms with van der Waals surface area (Å²) in [5.41, 5.74) is -1.01. The number of para-hydroxylation sites is 2. The van der Waals surface area contributed by atoms with Gasteiger partial charge < -0.3 is 10.1 Å². The highest BCUT2D eigenvalue weighted by Crippen LogP contribution is 2.38. The minimum Gasteiger partial charge on any atom is -0.495 e. The Hall–Kier alpha value is -2.77. The maximum atomic E-state index is 14.6. The second-order valence-corrected chi connectivity index (χ2v) is 5.15. The summed E-state index contributed by atoms with van der Waals surface area (Å²) in [4.78, 5) is -0.0797. The number of nitrogens with one attached hydrogen (secondary N) is 1. The van der Waals surface area contributed by atoms with E-state index in [4.69, 9.17) is 15.3 Å². The van der Waals surface area contributed by atoms with Crippen LogP contribution in [0.4, 0.5) is 20.2 Å². The second-order valence-electron chi connectivity index (χ2n) is 4.34. The molecule has 4 nitrogen and oxygen atoms in total. The van der Waals surface area contributed by atoms with Gasteiger partial charge in [0.15, 0.2) is 11.6 Å². The van der Waals surface area contributed by atoms with Crippen LogP contribution in [-0.4, -0.2) is 13.4 Å². The Morgan fingerprint density at radius 1 is 1.09 bits per heavy atom. The molecule has 0 bridgehead atoms. The number of halogens is 2. The second kappa shape index (κ2) is 6.99. The van der Waals surface area contributed by atoms with Crippen molar-refractivity contribution in [2.45, 2.75) is 4.90 Å². The fourth-order valence-electron chi connectivity index (χ4n) is 2.06. The van der Waals surface area contributed by atoms with Gasteiger partial charge in [0.25, 0.3) is 0 Å². The zero-order chi connectivity index (χ0) is 17.0. The van der Waals surface area contributed by atoms with Crippen molar-refractivity contribution in [1.29, 1.82) is 10.5 Å². The van der Waals surface area contributed by atoms with E-state index in [1.165, 1.54) is 7.11 Å². The average Bonchev–Trinajstić information content (AvgIpc) is 2.58. The van der Waals surface area contributed by atoms with Crippen LogP contribution in [0.3, 0.4) is 0 Å².